The Hall–Kier alpha value is -3.23. The molecule has 3 N–H and O–H groups in total. The van der Waals surface area contributed by atoms with Crippen LogP contribution in [0.4, 0.5) is 4.79 Å². The predicted octanol–water partition coefficient (Wildman–Crippen LogP) is 3.07. The standard InChI is InChI=1S/C23H24ClN3O5/c1-2-30-22(28)20-17(12-25-10-9-14-3-6-16(24)7-4-14)26-23(29)27-21(20)15-5-8-18-19(11-15)32-13-31-18/h3-8,11,21,25H,2,9-10,12-13H2,1H3,(H2,26,27,29)/t21-/m0/s1. The van der Waals surface area contributed by atoms with Crippen LogP contribution in [0.5, 0.6) is 11.5 Å². The van der Waals surface area contributed by atoms with Crippen LogP contribution in [0.3, 0.4) is 0 Å². The average molecular weight is 458 g/mol. The fraction of sp³-hybridized carbons (Fsp3) is 0.304. The molecule has 0 aliphatic carbocycles. The van der Waals surface area contributed by atoms with Crippen LogP contribution >= 0.6 is 11.6 Å². The number of hydrogen-bond acceptors (Lipinski definition) is 6. The first-order valence-corrected chi connectivity index (χ1v) is 10.8. The Balaban J connectivity index is 1.54. The monoisotopic (exact) mass is 457 g/mol. The number of amides is 2. The molecule has 2 aromatic rings. The molecule has 2 aliphatic rings. The van der Waals surface area contributed by atoms with Gasteiger partial charge in [0.15, 0.2) is 11.5 Å². The van der Waals surface area contributed by atoms with Crippen LogP contribution in [0.2, 0.25) is 5.02 Å². The lowest BCUT2D eigenvalue weighted by Gasteiger charge is -2.29. The highest BCUT2D eigenvalue weighted by Crippen LogP contribution is 2.37. The van der Waals surface area contributed by atoms with Crippen molar-refractivity contribution in [2.75, 3.05) is 26.5 Å². The van der Waals surface area contributed by atoms with Crippen molar-refractivity contribution in [3.63, 3.8) is 0 Å². The van der Waals surface area contributed by atoms with Crippen LogP contribution in [0.15, 0.2) is 53.7 Å². The molecule has 8 nitrogen and oxygen atoms in total. The van der Waals surface area contributed by atoms with Crippen molar-refractivity contribution >= 4 is 23.6 Å². The van der Waals surface area contributed by atoms with Crippen molar-refractivity contribution in [2.45, 2.75) is 19.4 Å². The Bertz CT molecular complexity index is 1040. The first-order chi connectivity index (χ1) is 15.5. The molecule has 32 heavy (non-hydrogen) atoms. The molecule has 0 saturated heterocycles. The van der Waals surface area contributed by atoms with Crippen molar-refractivity contribution in [1.29, 1.82) is 0 Å². The Morgan fingerprint density at radius 1 is 1.19 bits per heavy atom. The van der Waals surface area contributed by atoms with E-state index < -0.39 is 18.0 Å². The third kappa shape index (κ3) is 4.98. The van der Waals surface area contributed by atoms with Gasteiger partial charge in [0.05, 0.1) is 18.2 Å². The van der Waals surface area contributed by atoms with E-state index in [1.165, 1.54) is 0 Å². The summed E-state index contributed by atoms with van der Waals surface area (Å²) in [5.74, 6) is 0.707. The fourth-order valence-electron chi connectivity index (χ4n) is 3.65. The van der Waals surface area contributed by atoms with Crippen molar-refractivity contribution < 1.29 is 23.8 Å². The van der Waals surface area contributed by atoms with Gasteiger partial charge in [-0.15, -0.1) is 0 Å². The SMILES string of the molecule is CCOC(=O)C1=C(CNCCc2ccc(Cl)cc2)NC(=O)N[C@H]1c1ccc2c(c1)OCO2. The van der Waals surface area contributed by atoms with Gasteiger partial charge in [0.1, 0.15) is 0 Å². The van der Waals surface area contributed by atoms with E-state index in [2.05, 4.69) is 16.0 Å². The lowest BCUT2D eigenvalue weighted by molar-refractivity contribution is -0.139. The van der Waals surface area contributed by atoms with Gasteiger partial charge in [0, 0.05) is 17.3 Å². The van der Waals surface area contributed by atoms with E-state index in [4.69, 9.17) is 25.8 Å². The maximum absolute atomic E-state index is 12.9. The minimum atomic E-state index is -0.676. The number of benzene rings is 2. The van der Waals surface area contributed by atoms with Gasteiger partial charge in [-0.2, -0.15) is 0 Å². The molecule has 4 rings (SSSR count). The molecule has 0 bridgehead atoms. The van der Waals surface area contributed by atoms with Gasteiger partial charge < -0.3 is 30.2 Å². The van der Waals surface area contributed by atoms with E-state index in [9.17, 15) is 9.59 Å². The van der Waals surface area contributed by atoms with E-state index in [-0.39, 0.29) is 13.4 Å². The summed E-state index contributed by atoms with van der Waals surface area (Å²) in [5.41, 5.74) is 2.66. The Morgan fingerprint density at radius 3 is 2.75 bits per heavy atom. The van der Waals surface area contributed by atoms with Crippen molar-refractivity contribution in [3.05, 3.63) is 69.9 Å². The molecular formula is C23H24ClN3O5. The third-order valence-electron chi connectivity index (χ3n) is 5.18. The zero-order valence-electron chi connectivity index (χ0n) is 17.6. The number of carbonyl (C=O) groups is 2. The molecule has 0 radical (unpaired) electrons. The Labute approximate surface area is 190 Å². The van der Waals surface area contributed by atoms with Gasteiger partial charge in [-0.1, -0.05) is 29.8 Å². The third-order valence-corrected chi connectivity index (χ3v) is 5.44. The molecule has 0 unspecified atom stereocenters. The van der Waals surface area contributed by atoms with Crippen LogP contribution < -0.4 is 25.4 Å². The van der Waals surface area contributed by atoms with Gasteiger partial charge in [-0.25, -0.2) is 9.59 Å². The minimum Gasteiger partial charge on any atom is -0.463 e. The van der Waals surface area contributed by atoms with Crippen LogP contribution in [0, 0.1) is 0 Å². The fourth-order valence-corrected chi connectivity index (χ4v) is 3.77. The van der Waals surface area contributed by atoms with E-state index in [0.29, 0.717) is 46.4 Å². The number of hydrogen-bond donors (Lipinski definition) is 3. The first-order valence-electron chi connectivity index (χ1n) is 10.4. The maximum Gasteiger partial charge on any atom is 0.338 e. The molecule has 2 aliphatic heterocycles. The number of urea groups is 1. The Morgan fingerprint density at radius 2 is 1.97 bits per heavy atom. The van der Waals surface area contributed by atoms with E-state index in [1.807, 2.05) is 24.3 Å². The number of carbonyl (C=O) groups excluding carboxylic acids is 2. The number of halogens is 1. The first kappa shape index (κ1) is 22.0. The Kier molecular flexibility index (Phi) is 6.82. The van der Waals surface area contributed by atoms with E-state index >= 15 is 0 Å². The van der Waals surface area contributed by atoms with Gasteiger partial charge in [-0.05, 0) is 55.3 Å². The normalized spacial score (nSPS) is 17.1. The molecule has 0 saturated carbocycles. The molecule has 0 aromatic heterocycles. The number of nitrogens with one attached hydrogen (secondary N) is 3. The van der Waals surface area contributed by atoms with Crippen LogP contribution in [-0.2, 0) is 16.0 Å². The molecule has 2 amide bonds. The molecule has 0 spiro atoms. The summed E-state index contributed by atoms with van der Waals surface area (Å²) in [7, 11) is 0. The summed E-state index contributed by atoms with van der Waals surface area (Å²) in [4.78, 5) is 25.2. The van der Waals surface area contributed by atoms with Crippen molar-refractivity contribution in [2.24, 2.45) is 0 Å². The summed E-state index contributed by atoms with van der Waals surface area (Å²) in [6.45, 7) is 3.06. The topological polar surface area (TPSA) is 97.9 Å². The predicted molar refractivity (Wildman–Crippen MR) is 119 cm³/mol. The second-order valence-corrected chi connectivity index (χ2v) is 7.75. The van der Waals surface area contributed by atoms with Gasteiger partial charge in [-0.3, -0.25) is 0 Å². The summed E-state index contributed by atoms with van der Waals surface area (Å²) in [6, 6.07) is 11.9. The smallest absolute Gasteiger partial charge is 0.338 e. The molecule has 2 heterocycles. The highest BCUT2D eigenvalue weighted by atomic mass is 35.5. The average Bonchev–Trinajstić information content (AvgIpc) is 3.25. The summed E-state index contributed by atoms with van der Waals surface area (Å²) < 4.78 is 16.1. The second kappa shape index (κ2) is 9.93. The van der Waals surface area contributed by atoms with E-state index in [1.54, 1.807) is 25.1 Å². The summed E-state index contributed by atoms with van der Waals surface area (Å²) in [6.07, 6.45) is 0.775. The molecule has 2 aromatic carbocycles. The number of esters is 1. The van der Waals surface area contributed by atoms with Crippen LogP contribution in [-0.4, -0.2) is 38.5 Å². The maximum atomic E-state index is 12.9. The van der Waals surface area contributed by atoms with Crippen LogP contribution in [0.1, 0.15) is 24.1 Å². The van der Waals surface area contributed by atoms with Crippen molar-refractivity contribution in [3.8, 4) is 11.5 Å². The van der Waals surface area contributed by atoms with Gasteiger partial charge in [0.25, 0.3) is 0 Å². The summed E-state index contributed by atoms with van der Waals surface area (Å²) in [5, 5.41) is 9.56. The quantitative estimate of drug-likeness (QED) is 0.416. The number of fused-ring (bicyclic) bond motifs is 1. The minimum absolute atomic E-state index is 0.140. The highest BCUT2D eigenvalue weighted by molar-refractivity contribution is 6.30. The second-order valence-electron chi connectivity index (χ2n) is 7.31. The lowest BCUT2D eigenvalue weighted by atomic mass is 9.94. The largest absolute Gasteiger partial charge is 0.463 e. The molecule has 168 valence electrons. The molecule has 9 heteroatoms. The zero-order chi connectivity index (χ0) is 22.5. The molecular weight excluding hydrogens is 434 g/mol. The van der Waals surface area contributed by atoms with E-state index in [0.717, 1.165) is 12.0 Å². The summed E-state index contributed by atoms with van der Waals surface area (Å²) >= 11 is 5.93. The van der Waals surface area contributed by atoms with Gasteiger partial charge in [0.2, 0.25) is 6.79 Å². The van der Waals surface area contributed by atoms with Gasteiger partial charge >= 0.3 is 12.0 Å². The lowest BCUT2D eigenvalue weighted by Crippen LogP contribution is -2.48. The number of ether oxygens (including phenoxy) is 3. The molecule has 0 fully saturated rings. The highest BCUT2D eigenvalue weighted by Gasteiger charge is 2.34. The zero-order valence-corrected chi connectivity index (χ0v) is 18.3. The molecule has 1 atom stereocenters. The number of rotatable bonds is 8. The van der Waals surface area contributed by atoms with Crippen LogP contribution in [0.25, 0.3) is 0 Å². The van der Waals surface area contributed by atoms with Crippen molar-refractivity contribution in [1.82, 2.24) is 16.0 Å².